The lowest BCUT2D eigenvalue weighted by Gasteiger charge is -2.04. The topological polar surface area (TPSA) is 28.7 Å². The molecule has 3 rings (SSSR count). The van der Waals surface area contributed by atoms with E-state index in [9.17, 15) is 0 Å². The first-order chi connectivity index (χ1) is 7.24. The number of H-pyrrole nitrogens is 1. The van der Waals surface area contributed by atoms with Crippen molar-refractivity contribution in [3.63, 3.8) is 0 Å². The Labute approximate surface area is 97.2 Å². The van der Waals surface area contributed by atoms with Crippen LogP contribution in [0.3, 0.4) is 0 Å². The highest BCUT2D eigenvalue weighted by Gasteiger charge is 2.30. The van der Waals surface area contributed by atoms with Crippen LogP contribution in [-0.4, -0.2) is 9.97 Å². The average Bonchev–Trinajstić information content (AvgIpc) is 2.97. The molecule has 1 fully saturated rings. The number of benzene rings is 1. The van der Waals surface area contributed by atoms with Gasteiger partial charge in [-0.25, -0.2) is 4.98 Å². The molecule has 2 aromatic rings. The second kappa shape index (κ2) is 3.34. The number of hydrogen-bond donors (Lipinski definition) is 1. The quantitative estimate of drug-likeness (QED) is 0.878. The zero-order valence-electron chi connectivity index (χ0n) is 8.63. The van der Waals surface area contributed by atoms with Crippen LogP contribution in [0.1, 0.15) is 31.5 Å². The molecule has 0 aliphatic heterocycles. The number of imidazole rings is 1. The predicted molar refractivity (Wildman–Crippen MR) is 64.9 cm³/mol. The van der Waals surface area contributed by atoms with Crippen molar-refractivity contribution >= 4 is 27.0 Å². The van der Waals surface area contributed by atoms with Gasteiger partial charge in [-0.1, -0.05) is 22.9 Å². The third-order valence-corrected chi connectivity index (χ3v) is 3.72. The minimum atomic E-state index is 0.580. The zero-order chi connectivity index (χ0) is 10.4. The molecule has 0 saturated heterocycles. The average molecular weight is 265 g/mol. The fourth-order valence-electron chi connectivity index (χ4n) is 2.04. The molecule has 0 spiro atoms. The number of nitrogens with zero attached hydrogens (tertiary/aromatic N) is 1. The molecule has 1 aliphatic carbocycles. The van der Waals surface area contributed by atoms with Crippen molar-refractivity contribution in [1.82, 2.24) is 9.97 Å². The molecule has 1 atom stereocenters. The van der Waals surface area contributed by atoms with E-state index in [0.717, 1.165) is 27.2 Å². The summed E-state index contributed by atoms with van der Waals surface area (Å²) in [5, 5.41) is 0. The van der Waals surface area contributed by atoms with E-state index < -0.39 is 0 Å². The monoisotopic (exact) mass is 264 g/mol. The molecule has 1 saturated carbocycles. The molecule has 1 unspecified atom stereocenters. The van der Waals surface area contributed by atoms with Crippen molar-refractivity contribution in [2.24, 2.45) is 5.92 Å². The number of aromatic nitrogens is 2. The van der Waals surface area contributed by atoms with Crippen molar-refractivity contribution in [3.8, 4) is 0 Å². The van der Waals surface area contributed by atoms with E-state index >= 15 is 0 Å². The number of aromatic amines is 1. The van der Waals surface area contributed by atoms with E-state index in [-0.39, 0.29) is 0 Å². The fourth-order valence-corrected chi connectivity index (χ4v) is 2.40. The minimum absolute atomic E-state index is 0.580. The third-order valence-electron chi connectivity index (χ3n) is 3.22. The molecule has 2 nitrogen and oxygen atoms in total. The van der Waals surface area contributed by atoms with Gasteiger partial charge in [-0.3, -0.25) is 0 Å². The fraction of sp³-hybridized carbons (Fsp3) is 0.417. The van der Waals surface area contributed by atoms with Crippen molar-refractivity contribution in [3.05, 3.63) is 28.5 Å². The Morgan fingerprint density at radius 1 is 1.47 bits per heavy atom. The standard InChI is InChI=1S/C12H13BrN2/c1-7(8-2-3-8)12-14-10-5-4-9(13)6-11(10)15-12/h4-8H,2-3H2,1H3,(H,14,15). The Morgan fingerprint density at radius 2 is 2.27 bits per heavy atom. The number of halogens is 1. The highest BCUT2D eigenvalue weighted by molar-refractivity contribution is 9.10. The molecule has 1 N–H and O–H groups in total. The van der Waals surface area contributed by atoms with Crippen LogP contribution in [0.25, 0.3) is 11.0 Å². The zero-order valence-corrected chi connectivity index (χ0v) is 10.2. The smallest absolute Gasteiger partial charge is 0.110 e. The largest absolute Gasteiger partial charge is 0.342 e. The number of fused-ring (bicyclic) bond motifs is 1. The van der Waals surface area contributed by atoms with Gasteiger partial charge in [0, 0.05) is 10.4 Å². The molecule has 15 heavy (non-hydrogen) atoms. The normalized spacial score (nSPS) is 18.3. The highest BCUT2D eigenvalue weighted by Crippen LogP contribution is 2.41. The minimum Gasteiger partial charge on any atom is -0.342 e. The second-order valence-corrected chi connectivity index (χ2v) is 5.33. The van der Waals surface area contributed by atoms with Gasteiger partial charge in [-0.2, -0.15) is 0 Å². The van der Waals surface area contributed by atoms with Gasteiger partial charge in [0.15, 0.2) is 0 Å². The van der Waals surface area contributed by atoms with Gasteiger partial charge < -0.3 is 4.98 Å². The maximum Gasteiger partial charge on any atom is 0.110 e. The molecule has 1 aromatic carbocycles. The van der Waals surface area contributed by atoms with Gasteiger partial charge >= 0.3 is 0 Å². The van der Waals surface area contributed by atoms with E-state index in [1.165, 1.54) is 12.8 Å². The van der Waals surface area contributed by atoms with Crippen LogP contribution in [-0.2, 0) is 0 Å². The van der Waals surface area contributed by atoms with E-state index in [2.05, 4.69) is 45.0 Å². The second-order valence-electron chi connectivity index (χ2n) is 4.41. The highest BCUT2D eigenvalue weighted by atomic mass is 79.9. The van der Waals surface area contributed by atoms with Crippen molar-refractivity contribution in [2.45, 2.75) is 25.7 Å². The van der Waals surface area contributed by atoms with Crippen LogP contribution in [0.2, 0.25) is 0 Å². The SMILES string of the molecule is CC(c1nc2ccc(Br)cc2[nH]1)C1CC1. The first-order valence-electron chi connectivity index (χ1n) is 5.39. The lowest BCUT2D eigenvalue weighted by atomic mass is 10.1. The van der Waals surface area contributed by atoms with Crippen molar-refractivity contribution < 1.29 is 0 Å². The first kappa shape index (κ1) is 9.40. The van der Waals surface area contributed by atoms with Crippen LogP contribution >= 0.6 is 15.9 Å². The van der Waals surface area contributed by atoms with Crippen molar-refractivity contribution in [2.75, 3.05) is 0 Å². The molecule has 1 aliphatic rings. The van der Waals surface area contributed by atoms with Crippen molar-refractivity contribution in [1.29, 1.82) is 0 Å². The number of hydrogen-bond acceptors (Lipinski definition) is 1. The van der Waals surface area contributed by atoms with Gasteiger partial charge in [0.05, 0.1) is 11.0 Å². The Kier molecular flexibility index (Phi) is 2.09. The summed E-state index contributed by atoms with van der Waals surface area (Å²) in [6.07, 6.45) is 2.73. The summed E-state index contributed by atoms with van der Waals surface area (Å²) >= 11 is 3.47. The molecule has 0 radical (unpaired) electrons. The Balaban J connectivity index is 2.05. The number of rotatable bonds is 2. The third kappa shape index (κ3) is 1.69. The van der Waals surface area contributed by atoms with E-state index in [0.29, 0.717) is 5.92 Å². The van der Waals surface area contributed by atoms with E-state index in [4.69, 9.17) is 0 Å². The summed E-state index contributed by atoms with van der Waals surface area (Å²) in [6.45, 7) is 2.27. The predicted octanol–water partition coefficient (Wildman–Crippen LogP) is 3.84. The molecule has 1 aromatic heterocycles. The van der Waals surface area contributed by atoms with Gasteiger partial charge in [0.25, 0.3) is 0 Å². The van der Waals surface area contributed by atoms with Gasteiger partial charge in [0.2, 0.25) is 0 Å². The van der Waals surface area contributed by atoms with Gasteiger partial charge in [0.1, 0.15) is 5.82 Å². The molecule has 1 heterocycles. The molecule has 0 amide bonds. The molecule has 3 heteroatoms. The Bertz CT molecular complexity index is 499. The summed E-state index contributed by atoms with van der Waals surface area (Å²) in [5.41, 5.74) is 2.20. The van der Waals surface area contributed by atoms with Crippen LogP contribution in [0.4, 0.5) is 0 Å². The summed E-state index contributed by atoms with van der Waals surface area (Å²) in [7, 11) is 0. The lowest BCUT2D eigenvalue weighted by Crippen LogP contribution is -1.97. The van der Waals surface area contributed by atoms with Gasteiger partial charge in [-0.15, -0.1) is 0 Å². The molecular formula is C12H13BrN2. The number of nitrogens with one attached hydrogen (secondary N) is 1. The van der Waals surface area contributed by atoms with Gasteiger partial charge in [-0.05, 0) is 37.0 Å². The maximum atomic E-state index is 4.64. The molecular weight excluding hydrogens is 252 g/mol. The summed E-state index contributed by atoms with van der Waals surface area (Å²) in [5.74, 6) is 2.58. The Morgan fingerprint density at radius 3 is 3.00 bits per heavy atom. The van der Waals surface area contributed by atoms with Crippen LogP contribution < -0.4 is 0 Å². The van der Waals surface area contributed by atoms with E-state index in [1.54, 1.807) is 0 Å². The van der Waals surface area contributed by atoms with E-state index in [1.807, 2.05) is 6.07 Å². The summed E-state index contributed by atoms with van der Waals surface area (Å²) in [4.78, 5) is 8.06. The first-order valence-corrected chi connectivity index (χ1v) is 6.18. The van der Waals surface area contributed by atoms with Crippen LogP contribution in [0, 0.1) is 5.92 Å². The molecule has 78 valence electrons. The van der Waals surface area contributed by atoms with Crippen LogP contribution in [0.15, 0.2) is 22.7 Å². The Hall–Kier alpha value is -0.830. The summed E-state index contributed by atoms with van der Waals surface area (Å²) < 4.78 is 1.10. The lowest BCUT2D eigenvalue weighted by molar-refractivity contribution is 0.630. The summed E-state index contributed by atoms with van der Waals surface area (Å²) in [6, 6.07) is 6.18. The maximum absolute atomic E-state index is 4.64. The van der Waals surface area contributed by atoms with Crippen LogP contribution in [0.5, 0.6) is 0 Å². The molecule has 0 bridgehead atoms.